The predicted molar refractivity (Wildman–Crippen MR) is 170 cm³/mol. The maximum absolute atomic E-state index is 14.1. The third kappa shape index (κ3) is 7.83. The predicted octanol–water partition coefficient (Wildman–Crippen LogP) is 5.74. The Bertz CT molecular complexity index is 1720. The van der Waals surface area contributed by atoms with Gasteiger partial charge in [0.2, 0.25) is 5.91 Å². The van der Waals surface area contributed by atoms with Gasteiger partial charge in [0.15, 0.2) is 0 Å². The monoisotopic (exact) mass is 621 g/mol. The molecule has 0 radical (unpaired) electrons. The van der Waals surface area contributed by atoms with E-state index in [1.807, 2.05) is 71.0 Å². The highest BCUT2D eigenvalue weighted by Crippen LogP contribution is 2.33. The number of halogens is 2. The van der Waals surface area contributed by atoms with Crippen LogP contribution in [0.3, 0.4) is 0 Å². The molecule has 0 spiro atoms. The number of amides is 1. The minimum Gasteiger partial charge on any atom is -0.481 e. The number of likely N-dealkylation sites (N-methyl/N-ethyl adjacent to an activating group) is 1. The van der Waals surface area contributed by atoms with Gasteiger partial charge in [0.05, 0.1) is 18.0 Å². The van der Waals surface area contributed by atoms with E-state index in [4.69, 9.17) is 0 Å². The summed E-state index contributed by atoms with van der Waals surface area (Å²) in [6.07, 6.45) is 3.73. The lowest BCUT2D eigenvalue weighted by molar-refractivity contribution is -0.138. The van der Waals surface area contributed by atoms with E-state index in [1.165, 1.54) is 12.3 Å². The summed E-state index contributed by atoms with van der Waals surface area (Å²) in [6, 6.07) is 6.85. The first-order chi connectivity index (χ1) is 21.3. The number of carbonyl (C=O) groups excluding carboxylic acids is 1. The van der Waals surface area contributed by atoms with E-state index in [1.54, 1.807) is 23.0 Å². The summed E-state index contributed by atoms with van der Waals surface area (Å²) in [5.41, 5.74) is 3.85. The molecule has 0 saturated heterocycles. The third-order valence-electron chi connectivity index (χ3n) is 7.90. The van der Waals surface area contributed by atoms with Crippen LogP contribution >= 0.6 is 0 Å². The SMILES string of the molecule is Cc1cccc(C)c1-c1cc([C@H](CC(=O)O)NC(=O)[C@@H](CC(C)C)n2cc(CCN(C)C)cc(C(F)F)c2=O)cn2ccnc12. The summed E-state index contributed by atoms with van der Waals surface area (Å²) in [4.78, 5) is 45.9. The Balaban J connectivity index is 1.81. The zero-order chi connectivity index (χ0) is 33.0. The van der Waals surface area contributed by atoms with Crippen LogP contribution in [0.1, 0.15) is 73.0 Å². The quantitative estimate of drug-likeness (QED) is 0.197. The van der Waals surface area contributed by atoms with Crippen LogP contribution in [-0.2, 0) is 16.0 Å². The molecule has 2 N–H and O–H groups in total. The summed E-state index contributed by atoms with van der Waals surface area (Å²) in [5, 5.41) is 12.7. The standard InChI is InChI=1S/C34H41F2N5O4/c1-20(2)14-28(41-18-23(10-12-39(5)6)15-26(31(35)36)34(41)45)33(44)38-27(17-29(42)43)24-16-25(32-37-11-13-40(32)19-24)30-21(3)8-7-9-22(30)4/h7-9,11,13,15-16,18-20,27-28,31H,10,12,14,17H2,1-6H3,(H,38,44)(H,42,43)/t27-,28+/m0/s1. The number of hydrogen-bond acceptors (Lipinski definition) is 5. The number of alkyl halides is 2. The zero-order valence-corrected chi connectivity index (χ0v) is 26.6. The van der Waals surface area contributed by atoms with Gasteiger partial charge >= 0.3 is 5.97 Å². The van der Waals surface area contributed by atoms with Crippen molar-refractivity contribution >= 4 is 17.5 Å². The Morgan fingerprint density at radius 1 is 1.09 bits per heavy atom. The molecule has 0 fully saturated rings. The molecule has 9 nitrogen and oxygen atoms in total. The van der Waals surface area contributed by atoms with Crippen LogP contribution in [0.25, 0.3) is 16.8 Å². The number of carbonyl (C=O) groups is 2. The summed E-state index contributed by atoms with van der Waals surface area (Å²) in [7, 11) is 3.71. The third-order valence-corrected chi connectivity index (χ3v) is 7.90. The number of carboxylic acids is 1. The number of nitrogens with one attached hydrogen (secondary N) is 1. The maximum Gasteiger partial charge on any atom is 0.305 e. The van der Waals surface area contributed by atoms with Gasteiger partial charge in [0.25, 0.3) is 12.0 Å². The fourth-order valence-corrected chi connectivity index (χ4v) is 5.72. The molecule has 0 aliphatic carbocycles. The summed E-state index contributed by atoms with van der Waals surface area (Å²) >= 11 is 0. The van der Waals surface area contributed by atoms with Crippen molar-refractivity contribution in [3.63, 3.8) is 0 Å². The fourth-order valence-electron chi connectivity index (χ4n) is 5.72. The van der Waals surface area contributed by atoms with E-state index in [9.17, 15) is 28.3 Å². The lowest BCUT2D eigenvalue weighted by atomic mass is 9.93. The fraction of sp³-hybridized carbons (Fsp3) is 0.412. The number of fused-ring (bicyclic) bond motifs is 1. The van der Waals surface area contributed by atoms with Gasteiger partial charge in [-0.1, -0.05) is 32.0 Å². The number of aryl methyl sites for hydroxylation is 2. The van der Waals surface area contributed by atoms with E-state index in [-0.39, 0.29) is 12.3 Å². The number of nitrogens with zero attached hydrogens (tertiary/aromatic N) is 4. The van der Waals surface area contributed by atoms with Gasteiger partial charge in [-0.25, -0.2) is 13.8 Å². The van der Waals surface area contributed by atoms with Crippen molar-refractivity contribution in [3.05, 3.63) is 93.3 Å². The molecule has 0 unspecified atom stereocenters. The average Bonchev–Trinajstić information content (AvgIpc) is 3.43. The highest BCUT2D eigenvalue weighted by atomic mass is 19.3. The smallest absolute Gasteiger partial charge is 0.305 e. The van der Waals surface area contributed by atoms with Crippen molar-refractivity contribution in [1.82, 2.24) is 24.2 Å². The van der Waals surface area contributed by atoms with Crippen LogP contribution in [0, 0.1) is 19.8 Å². The number of rotatable bonds is 13. The van der Waals surface area contributed by atoms with Crippen molar-refractivity contribution in [2.45, 2.75) is 65.5 Å². The Morgan fingerprint density at radius 2 is 1.78 bits per heavy atom. The Labute approximate surface area is 261 Å². The molecular weight excluding hydrogens is 580 g/mol. The van der Waals surface area contributed by atoms with Gasteiger partial charge in [0.1, 0.15) is 11.7 Å². The number of carboxylic acid groups (broad SMARTS) is 1. The number of aromatic nitrogens is 3. The van der Waals surface area contributed by atoms with E-state index in [0.29, 0.717) is 29.7 Å². The summed E-state index contributed by atoms with van der Waals surface area (Å²) in [6.45, 7) is 8.27. The van der Waals surface area contributed by atoms with Crippen LogP contribution in [0.4, 0.5) is 8.78 Å². The minimum absolute atomic E-state index is 0.0797. The average molecular weight is 622 g/mol. The zero-order valence-electron chi connectivity index (χ0n) is 26.6. The minimum atomic E-state index is -3.02. The largest absolute Gasteiger partial charge is 0.481 e. The van der Waals surface area contributed by atoms with E-state index in [2.05, 4.69) is 10.3 Å². The van der Waals surface area contributed by atoms with Crippen LogP contribution in [0.15, 0.2) is 59.9 Å². The Kier molecular flexibility index (Phi) is 10.5. The van der Waals surface area contributed by atoms with Crippen LogP contribution in [0.2, 0.25) is 0 Å². The molecule has 11 heteroatoms. The van der Waals surface area contributed by atoms with E-state index >= 15 is 0 Å². The first-order valence-corrected chi connectivity index (χ1v) is 15.0. The van der Waals surface area contributed by atoms with E-state index < -0.39 is 47.9 Å². The summed E-state index contributed by atoms with van der Waals surface area (Å²) in [5.74, 6) is -1.84. The highest BCUT2D eigenvalue weighted by molar-refractivity contribution is 5.84. The van der Waals surface area contributed by atoms with Gasteiger partial charge in [-0.2, -0.15) is 0 Å². The molecule has 45 heavy (non-hydrogen) atoms. The second-order valence-electron chi connectivity index (χ2n) is 12.3. The molecular formula is C34H41F2N5O4. The van der Waals surface area contributed by atoms with Crippen LogP contribution in [-0.4, -0.2) is 56.5 Å². The topological polar surface area (TPSA) is 109 Å². The maximum atomic E-state index is 14.1. The molecule has 1 amide bonds. The molecule has 3 aromatic heterocycles. The van der Waals surface area contributed by atoms with Crippen molar-refractivity contribution in [1.29, 1.82) is 0 Å². The highest BCUT2D eigenvalue weighted by Gasteiger charge is 2.29. The van der Waals surface area contributed by atoms with Crippen molar-refractivity contribution in [2.24, 2.45) is 5.92 Å². The second-order valence-corrected chi connectivity index (χ2v) is 12.3. The summed E-state index contributed by atoms with van der Waals surface area (Å²) < 4.78 is 30.9. The van der Waals surface area contributed by atoms with Gasteiger partial charge in [-0.15, -0.1) is 0 Å². The van der Waals surface area contributed by atoms with Crippen LogP contribution < -0.4 is 10.9 Å². The lowest BCUT2D eigenvalue weighted by Crippen LogP contribution is -2.41. The molecule has 0 aliphatic heterocycles. The molecule has 1 aromatic carbocycles. The van der Waals surface area contributed by atoms with Crippen molar-refractivity contribution < 1.29 is 23.5 Å². The molecule has 2 atom stereocenters. The molecule has 240 valence electrons. The normalized spacial score (nSPS) is 13.1. The van der Waals surface area contributed by atoms with Gasteiger partial charge in [-0.3, -0.25) is 14.4 Å². The Hall–Kier alpha value is -4.38. The number of imidazole rings is 1. The second kappa shape index (κ2) is 14.2. The number of benzene rings is 1. The number of pyridine rings is 2. The van der Waals surface area contributed by atoms with Gasteiger partial charge in [0, 0.05) is 36.9 Å². The molecule has 4 aromatic rings. The number of aliphatic carboxylic acids is 1. The van der Waals surface area contributed by atoms with Gasteiger partial charge < -0.3 is 24.3 Å². The van der Waals surface area contributed by atoms with Crippen LogP contribution in [0.5, 0.6) is 0 Å². The lowest BCUT2D eigenvalue weighted by Gasteiger charge is -2.26. The first-order valence-electron chi connectivity index (χ1n) is 15.0. The number of hydrogen-bond donors (Lipinski definition) is 2. The van der Waals surface area contributed by atoms with Crippen molar-refractivity contribution in [3.8, 4) is 11.1 Å². The molecule has 4 rings (SSSR count). The molecule has 0 aliphatic rings. The molecule has 3 heterocycles. The Morgan fingerprint density at radius 3 is 2.38 bits per heavy atom. The van der Waals surface area contributed by atoms with Crippen molar-refractivity contribution in [2.75, 3.05) is 20.6 Å². The molecule has 0 saturated carbocycles. The molecule has 0 bridgehead atoms. The van der Waals surface area contributed by atoms with E-state index in [0.717, 1.165) is 26.8 Å². The first kappa shape index (κ1) is 33.5. The van der Waals surface area contributed by atoms with Gasteiger partial charge in [-0.05, 0) is 86.7 Å².